The van der Waals surface area contributed by atoms with E-state index in [0.717, 1.165) is 10.2 Å². The fourth-order valence-electron chi connectivity index (χ4n) is 0.227. The van der Waals surface area contributed by atoms with Gasteiger partial charge in [0.15, 0.2) is 0 Å². The predicted molar refractivity (Wildman–Crippen MR) is 44.0 cm³/mol. The lowest BCUT2D eigenvalue weighted by Gasteiger charge is -2.23. The van der Waals surface area contributed by atoms with E-state index < -0.39 is 0 Å². The molecule has 0 spiro atoms. The van der Waals surface area contributed by atoms with Crippen molar-refractivity contribution >= 4 is 27.1 Å². The fourth-order valence-corrected chi connectivity index (χ4v) is 0.890. The summed E-state index contributed by atoms with van der Waals surface area (Å²) in [6.45, 7) is 5.83. The Morgan fingerprint density at radius 1 is 1.67 bits per heavy atom. The van der Waals surface area contributed by atoms with Crippen LogP contribution < -0.4 is 0 Å². The molecule has 9 heavy (non-hydrogen) atoms. The maximum Gasteiger partial charge on any atom is 0.227 e. The maximum absolute atomic E-state index is 10.7. The minimum atomic E-state index is -0.312. The molecule has 0 amide bonds. The Kier molecular flexibility index (Phi) is 2.90. The van der Waals surface area contributed by atoms with E-state index in [2.05, 4.69) is 0 Å². The Labute approximate surface area is 64.2 Å². The highest BCUT2D eigenvalue weighted by atomic mass is 35.5. The van der Waals surface area contributed by atoms with E-state index in [1.165, 1.54) is 0 Å². The van der Waals surface area contributed by atoms with Gasteiger partial charge >= 0.3 is 0 Å². The van der Waals surface area contributed by atoms with E-state index in [1.807, 2.05) is 20.8 Å². The highest BCUT2D eigenvalue weighted by Crippen LogP contribution is 2.30. The Bertz CT molecular complexity index is 120. The summed E-state index contributed by atoms with van der Waals surface area (Å²) in [6.07, 6.45) is 0. The van der Waals surface area contributed by atoms with Crippen molar-refractivity contribution in [3.63, 3.8) is 0 Å². The number of rotatable bonds is 2. The van der Waals surface area contributed by atoms with Crippen molar-refractivity contribution in [2.24, 2.45) is 5.41 Å². The van der Waals surface area contributed by atoms with E-state index in [0.29, 0.717) is 5.54 Å². The molecule has 0 bridgehead atoms. The number of carbonyl (C=O) groups excluding carboxylic acids is 1. The summed E-state index contributed by atoms with van der Waals surface area (Å²) in [5.74, 6) is 0. The van der Waals surface area contributed by atoms with Crippen LogP contribution in [0.1, 0.15) is 20.8 Å². The molecular formula is C6H13ClOSi. The van der Waals surface area contributed by atoms with Crippen molar-refractivity contribution in [3.8, 4) is 0 Å². The molecule has 0 saturated heterocycles. The first-order valence-electron chi connectivity index (χ1n) is 3.09. The second kappa shape index (κ2) is 2.84. The smallest absolute Gasteiger partial charge is 0.227 e. The molecule has 1 unspecified atom stereocenters. The van der Waals surface area contributed by atoms with E-state index >= 15 is 0 Å². The van der Waals surface area contributed by atoms with Gasteiger partial charge in [-0.3, -0.25) is 4.79 Å². The summed E-state index contributed by atoms with van der Waals surface area (Å²) in [7, 11) is 1.02. The van der Waals surface area contributed by atoms with E-state index in [4.69, 9.17) is 11.6 Å². The molecule has 0 heterocycles. The van der Waals surface area contributed by atoms with Gasteiger partial charge in [0.05, 0.1) is 0 Å². The van der Waals surface area contributed by atoms with Gasteiger partial charge in [-0.15, -0.1) is 0 Å². The summed E-state index contributed by atoms with van der Waals surface area (Å²) in [5, 5.41) is -0.218. The molecule has 0 aliphatic rings. The van der Waals surface area contributed by atoms with Crippen molar-refractivity contribution in [2.75, 3.05) is 0 Å². The molecule has 54 valence electrons. The quantitative estimate of drug-likeness (QED) is 0.439. The molecule has 1 atom stereocenters. The molecule has 0 aromatic rings. The number of hydrogen-bond acceptors (Lipinski definition) is 1. The second-order valence-corrected chi connectivity index (χ2v) is 5.23. The zero-order valence-corrected chi connectivity index (χ0v) is 9.12. The molecule has 0 saturated carbocycles. The van der Waals surface area contributed by atoms with Gasteiger partial charge in [-0.1, -0.05) is 20.8 Å². The third-order valence-electron chi connectivity index (χ3n) is 1.95. The molecule has 0 N–H and O–H groups in total. The van der Waals surface area contributed by atoms with Gasteiger partial charge in [0, 0.05) is 15.7 Å². The van der Waals surface area contributed by atoms with Crippen LogP contribution in [0.3, 0.4) is 0 Å². The highest BCUT2D eigenvalue weighted by molar-refractivity contribution is 6.65. The van der Waals surface area contributed by atoms with Crippen LogP contribution in [-0.4, -0.2) is 15.5 Å². The lowest BCUT2D eigenvalue weighted by molar-refractivity contribution is -0.118. The predicted octanol–water partition coefficient (Wildman–Crippen LogP) is 0.952. The minimum Gasteiger partial charge on any atom is -0.281 e. The first-order valence-corrected chi connectivity index (χ1v) is 4.62. The summed E-state index contributed by atoms with van der Waals surface area (Å²) in [6, 6.07) is 0. The van der Waals surface area contributed by atoms with Crippen molar-refractivity contribution in [1.29, 1.82) is 0 Å². The van der Waals surface area contributed by atoms with Crippen LogP contribution in [0.25, 0.3) is 0 Å². The Morgan fingerprint density at radius 2 is 2.00 bits per heavy atom. The van der Waals surface area contributed by atoms with Gasteiger partial charge in [0.2, 0.25) is 5.24 Å². The van der Waals surface area contributed by atoms with E-state index in [9.17, 15) is 4.79 Å². The van der Waals surface area contributed by atoms with Gasteiger partial charge in [0.25, 0.3) is 0 Å². The van der Waals surface area contributed by atoms with Crippen molar-refractivity contribution < 1.29 is 4.79 Å². The van der Waals surface area contributed by atoms with Gasteiger partial charge < -0.3 is 0 Å². The molecule has 0 aliphatic heterocycles. The van der Waals surface area contributed by atoms with Gasteiger partial charge in [-0.2, -0.15) is 0 Å². The third kappa shape index (κ3) is 2.10. The van der Waals surface area contributed by atoms with Crippen molar-refractivity contribution in [2.45, 2.75) is 26.3 Å². The highest BCUT2D eigenvalue weighted by Gasteiger charge is 2.28. The molecule has 3 heteroatoms. The van der Waals surface area contributed by atoms with Crippen LogP contribution in [0.15, 0.2) is 0 Å². The third-order valence-corrected chi connectivity index (χ3v) is 3.88. The summed E-state index contributed by atoms with van der Waals surface area (Å²) in [4.78, 5) is 10.7. The molecule has 0 radical (unpaired) electrons. The molecule has 0 aromatic carbocycles. The maximum atomic E-state index is 10.7. The lowest BCUT2D eigenvalue weighted by Crippen LogP contribution is -2.24. The zero-order chi connectivity index (χ0) is 7.65. The molecule has 0 aliphatic carbocycles. The van der Waals surface area contributed by atoms with Crippen molar-refractivity contribution in [1.82, 2.24) is 0 Å². The van der Waals surface area contributed by atoms with Crippen molar-refractivity contribution in [3.05, 3.63) is 0 Å². The Morgan fingerprint density at radius 3 is 2.00 bits per heavy atom. The average Bonchev–Trinajstić information content (AvgIpc) is 1.65. The number of carbonyl (C=O) groups is 1. The van der Waals surface area contributed by atoms with Crippen LogP contribution in [0, 0.1) is 5.41 Å². The Hall–Kier alpha value is 0.177. The summed E-state index contributed by atoms with van der Waals surface area (Å²) in [5.41, 5.74) is 0.135. The SMILES string of the molecule is CC([SiH3])C(C)(C)C(=O)Cl. The molecule has 0 aromatic heterocycles. The van der Waals surface area contributed by atoms with Crippen LogP contribution in [-0.2, 0) is 4.79 Å². The van der Waals surface area contributed by atoms with Gasteiger partial charge in [-0.25, -0.2) is 0 Å². The Balaban J connectivity index is 4.19. The number of halogens is 1. The average molecular weight is 165 g/mol. The largest absolute Gasteiger partial charge is 0.281 e. The first-order chi connectivity index (χ1) is 3.89. The van der Waals surface area contributed by atoms with Crippen LogP contribution >= 0.6 is 11.6 Å². The summed E-state index contributed by atoms with van der Waals surface area (Å²) >= 11 is 5.35. The molecular weight excluding hydrogens is 152 g/mol. The second-order valence-electron chi connectivity index (χ2n) is 3.15. The fraction of sp³-hybridized carbons (Fsp3) is 0.833. The lowest BCUT2D eigenvalue weighted by atomic mass is 9.91. The van der Waals surface area contributed by atoms with Gasteiger partial charge in [0.1, 0.15) is 0 Å². The standard InChI is InChI=1S/C6H13ClOSi/c1-4(9)6(2,3)5(7)8/h4H,1-3,9H3. The van der Waals surface area contributed by atoms with E-state index in [1.54, 1.807) is 0 Å². The van der Waals surface area contributed by atoms with E-state index in [-0.39, 0.29) is 10.7 Å². The number of hydrogen-bond donors (Lipinski definition) is 0. The molecule has 0 rings (SSSR count). The normalized spacial score (nSPS) is 15.6. The molecule has 0 fully saturated rings. The minimum absolute atomic E-state index is 0.218. The first kappa shape index (κ1) is 9.18. The van der Waals surface area contributed by atoms with Crippen LogP contribution in [0.4, 0.5) is 0 Å². The zero-order valence-electron chi connectivity index (χ0n) is 6.36. The van der Waals surface area contributed by atoms with Gasteiger partial charge in [-0.05, 0) is 17.1 Å². The monoisotopic (exact) mass is 164 g/mol. The van der Waals surface area contributed by atoms with Crippen LogP contribution in [0.2, 0.25) is 5.54 Å². The topological polar surface area (TPSA) is 17.1 Å². The van der Waals surface area contributed by atoms with Crippen LogP contribution in [0.5, 0.6) is 0 Å². The summed E-state index contributed by atoms with van der Waals surface area (Å²) < 4.78 is 0. The molecule has 1 nitrogen and oxygen atoms in total.